The fourth-order valence-corrected chi connectivity index (χ4v) is 1.22. The van der Waals surface area contributed by atoms with E-state index >= 15 is 0 Å². The molecular formula is C10H18N2O3. The van der Waals surface area contributed by atoms with Crippen LogP contribution in [-0.4, -0.2) is 30.2 Å². The normalized spacial score (nSPS) is 14.7. The summed E-state index contributed by atoms with van der Waals surface area (Å²) in [4.78, 5) is 21.3. The lowest BCUT2D eigenvalue weighted by Gasteiger charge is -2.05. The van der Waals surface area contributed by atoms with Gasteiger partial charge in [0.05, 0.1) is 0 Å². The fourth-order valence-electron chi connectivity index (χ4n) is 1.22. The van der Waals surface area contributed by atoms with E-state index in [4.69, 9.17) is 5.11 Å². The summed E-state index contributed by atoms with van der Waals surface area (Å²) in [6.07, 6.45) is 3.94. The van der Waals surface area contributed by atoms with Crippen LogP contribution in [0.2, 0.25) is 0 Å². The Morgan fingerprint density at radius 1 is 1.20 bits per heavy atom. The van der Waals surface area contributed by atoms with E-state index < -0.39 is 5.97 Å². The Labute approximate surface area is 89.2 Å². The van der Waals surface area contributed by atoms with Gasteiger partial charge in [0.15, 0.2) is 0 Å². The summed E-state index contributed by atoms with van der Waals surface area (Å²) in [7, 11) is 0. The number of aliphatic carboxylic acids is 1. The quantitative estimate of drug-likeness (QED) is 0.552. The standard InChI is InChI=1S/C10H18N2O3/c13-9(14)3-1-2-6-11-10(15)12-7-8-4-5-8/h8H,1-7H2,(H,13,14)(H2,11,12,15). The number of carbonyl (C=O) groups is 2. The van der Waals surface area contributed by atoms with Crippen LogP contribution in [0.15, 0.2) is 0 Å². The molecule has 0 spiro atoms. The third kappa shape index (κ3) is 6.76. The predicted octanol–water partition coefficient (Wildman–Crippen LogP) is 0.950. The summed E-state index contributed by atoms with van der Waals surface area (Å²) < 4.78 is 0. The molecule has 1 aliphatic rings. The lowest BCUT2D eigenvalue weighted by Crippen LogP contribution is -2.37. The molecule has 0 radical (unpaired) electrons. The molecule has 86 valence electrons. The first-order valence-corrected chi connectivity index (χ1v) is 5.42. The van der Waals surface area contributed by atoms with Gasteiger partial charge in [0.25, 0.3) is 0 Å². The van der Waals surface area contributed by atoms with E-state index in [1.165, 1.54) is 12.8 Å². The molecular weight excluding hydrogens is 196 g/mol. The zero-order chi connectivity index (χ0) is 11.1. The van der Waals surface area contributed by atoms with Gasteiger partial charge in [-0.3, -0.25) is 4.79 Å². The smallest absolute Gasteiger partial charge is 0.314 e. The van der Waals surface area contributed by atoms with E-state index in [1.54, 1.807) is 0 Å². The number of nitrogens with one attached hydrogen (secondary N) is 2. The second-order valence-electron chi connectivity index (χ2n) is 3.93. The molecule has 2 amide bonds. The van der Waals surface area contributed by atoms with E-state index in [0.29, 0.717) is 25.3 Å². The second kappa shape index (κ2) is 6.27. The van der Waals surface area contributed by atoms with E-state index in [2.05, 4.69) is 10.6 Å². The summed E-state index contributed by atoms with van der Waals surface area (Å²) in [5.41, 5.74) is 0. The van der Waals surface area contributed by atoms with Crippen LogP contribution in [0.5, 0.6) is 0 Å². The summed E-state index contributed by atoms with van der Waals surface area (Å²) in [5.74, 6) is -0.101. The fraction of sp³-hybridized carbons (Fsp3) is 0.800. The molecule has 0 saturated heterocycles. The molecule has 0 bridgehead atoms. The second-order valence-corrected chi connectivity index (χ2v) is 3.93. The van der Waals surface area contributed by atoms with Crippen LogP contribution in [0.1, 0.15) is 32.1 Å². The molecule has 3 N–H and O–H groups in total. The molecule has 0 aromatic rings. The maximum Gasteiger partial charge on any atom is 0.314 e. The van der Waals surface area contributed by atoms with Gasteiger partial charge >= 0.3 is 12.0 Å². The summed E-state index contributed by atoms with van der Waals surface area (Å²) in [6.45, 7) is 1.31. The van der Waals surface area contributed by atoms with Crippen LogP contribution in [0.4, 0.5) is 4.79 Å². The SMILES string of the molecule is O=C(O)CCCCNC(=O)NCC1CC1. The van der Waals surface area contributed by atoms with Gasteiger partial charge in [-0.2, -0.15) is 0 Å². The van der Waals surface area contributed by atoms with Crippen molar-refractivity contribution in [3.05, 3.63) is 0 Å². The first-order chi connectivity index (χ1) is 7.18. The van der Waals surface area contributed by atoms with Crippen molar-refractivity contribution < 1.29 is 14.7 Å². The van der Waals surface area contributed by atoms with Gasteiger partial charge in [-0.1, -0.05) is 0 Å². The number of hydrogen-bond donors (Lipinski definition) is 3. The largest absolute Gasteiger partial charge is 0.481 e. The lowest BCUT2D eigenvalue weighted by atomic mass is 10.2. The number of amides is 2. The highest BCUT2D eigenvalue weighted by Gasteiger charge is 2.21. The molecule has 1 fully saturated rings. The number of unbranched alkanes of at least 4 members (excludes halogenated alkanes) is 1. The van der Waals surface area contributed by atoms with E-state index in [1.807, 2.05) is 0 Å². The maximum atomic E-state index is 11.1. The minimum Gasteiger partial charge on any atom is -0.481 e. The van der Waals surface area contributed by atoms with Crippen molar-refractivity contribution in [1.29, 1.82) is 0 Å². The highest BCUT2D eigenvalue weighted by Crippen LogP contribution is 2.27. The molecule has 0 unspecified atom stereocenters. The highest BCUT2D eigenvalue weighted by molar-refractivity contribution is 5.73. The third-order valence-corrected chi connectivity index (χ3v) is 2.35. The predicted molar refractivity (Wildman–Crippen MR) is 55.6 cm³/mol. The Hall–Kier alpha value is -1.26. The first kappa shape index (κ1) is 11.8. The Balaban J connectivity index is 1.85. The molecule has 1 rings (SSSR count). The van der Waals surface area contributed by atoms with Crippen molar-refractivity contribution in [2.45, 2.75) is 32.1 Å². The van der Waals surface area contributed by atoms with Crippen LogP contribution in [-0.2, 0) is 4.79 Å². The zero-order valence-corrected chi connectivity index (χ0v) is 8.79. The number of carboxylic acids is 1. The van der Waals surface area contributed by atoms with Gasteiger partial charge in [0.2, 0.25) is 0 Å². The van der Waals surface area contributed by atoms with Crippen LogP contribution in [0, 0.1) is 5.92 Å². The van der Waals surface area contributed by atoms with Gasteiger partial charge < -0.3 is 15.7 Å². The summed E-state index contributed by atoms with van der Waals surface area (Å²) in [6, 6.07) is -0.141. The molecule has 1 aliphatic carbocycles. The molecule has 5 nitrogen and oxygen atoms in total. The van der Waals surface area contributed by atoms with Crippen molar-refractivity contribution in [2.24, 2.45) is 5.92 Å². The number of carbonyl (C=O) groups excluding carboxylic acids is 1. The van der Waals surface area contributed by atoms with E-state index in [9.17, 15) is 9.59 Å². The minimum absolute atomic E-state index is 0.141. The van der Waals surface area contributed by atoms with Crippen molar-refractivity contribution in [3.63, 3.8) is 0 Å². The van der Waals surface area contributed by atoms with Crippen LogP contribution < -0.4 is 10.6 Å². The highest BCUT2D eigenvalue weighted by atomic mass is 16.4. The number of hydrogen-bond acceptors (Lipinski definition) is 2. The molecule has 0 aromatic carbocycles. The number of urea groups is 1. The van der Waals surface area contributed by atoms with Gasteiger partial charge in [-0.25, -0.2) is 4.79 Å². The molecule has 1 saturated carbocycles. The molecule has 0 heterocycles. The molecule has 0 atom stereocenters. The van der Waals surface area contributed by atoms with E-state index in [0.717, 1.165) is 6.54 Å². The monoisotopic (exact) mass is 214 g/mol. The molecule has 0 aliphatic heterocycles. The van der Waals surface area contributed by atoms with Crippen molar-refractivity contribution in [3.8, 4) is 0 Å². The van der Waals surface area contributed by atoms with E-state index in [-0.39, 0.29) is 12.5 Å². The van der Waals surface area contributed by atoms with Gasteiger partial charge in [-0.15, -0.1) is 0 Å². The molecule has 15 heavy (non-hydrogen) atoms. The average Bonchev–Trinajstić information content (AvgIpc) is 2.97. The van der Waals surface area contributed by atoms with Gasteiger partial charge in [0.1, 0.15) is 0 Å². The Morgan fingerprint density at radius 3 is 2.53 bits per heavy atom. The topological polar surface area (TPSA) is 78.4 Å². The Morgan fingerprint density at radius 2 is 1.93 bits per heavy atom. The minimum atomic E-state index is -0.784. The van der Waals surface area contributed by atoms with Crippen molar-refractivity contribution >= 4 is 12.0 Å². The first-order valence-electron chi connectivity index (χ1n) is 5.42. The summed E-state index contributed by atoms with van der Waals surface area (Å²) in [5, 5.41) is 13.8. The summed E-state index contributed by atoms with van der Waals surface area (Å²) >= 11 is 0. The van der Waals surface area contributed by atoms with Crippen molar-refractivity contribution in [2.75, 3.05) is 13.1 Å². The lowest BCUT2D eigenvalue weighted by molar-refractivity contribution is -0.137. The third-order valence-electron chi connectivity index (χ3n) is 2.35. The zero-order valence-electron chi connectivity index (χ0n) is 8.79. The number of rotatable bonds is 7. The Bertz CT molecular complexity index is 227. The maximum absolute atomic E-state index is 11.1. The molecule has 0 aromatic heterocycles. The average molecular weight is 214 g/mol. The Kier molecular flexibility index (Phi) is 4.93. The van der Waals surface area contributed by atoms with Gasteiger partial charge in [-0.05, 0) is 31.6 Å². The van der Waals surface area contributed by atoms with Crippen molar-refractivity contribution in [1.82, 2.24) is 10.6 Å². The van der Waals surface area contributed by atoms with Crippen LogP contribution in [0.25, 0.3) is 0 Å². The van der Waals surface area contributed by atoms with Crippen LogP contribution >= 0.6 is 0 Å². The van der Waals surface area contributed by atoms with Gasteiger partial charge in [0, 0.05) is 19.5 Å². The van der Waals surface area contributed by atoms with Crippen LogP contribution in [0.3, 0.4) is 0 Å². The number of carboxylic acid groups (broad SMARTS) is 1. The molecule has 5 heteroatoms.